The number of anilines is 2. The first-order valence-electron chi connectivity index (χ1n) is 4.42. The fourth-order valence-electron chi connectivity index (χ4n) is 1.62. The fourth-order valence-corrected chi connectivity index (χ4v) is 1.62. The maximum Gasteiger partial charge on any atom is 0.274 e. The molecule has 1 aliphatic rings. The molecule has 1 amide bonds. The molecule has 14 heavy (non-hydrogen) atoms. The number of para-hydroxylation sites is 2. The van der Waals surface area contributed by atoms with Crippen LogP contribution in [0.15, 0.2) is 36.5 Å². The van der Waals surface area contributed by atoms with Gasteiger partial charge in [0.25, 0.3) is 5.91 Å². The van der Waals surface area contributed by atoms with Crippen LogP contribution in [0, 0.1) is 0 Å². The monoisotopic (exact) mass is 188 g/mol. The molecule has 1 aliphatic heterocycles. The zero-order chi connectivity index (χ0) is 10.3. The lowest BCUT2D eigenvalue weighted by molar-refractivity contribution is -0.115. The highest BCUT2D eigenvalue weighted by Crippen LogP contribution is 2.34. The number of fused-ring (bicyclic) bond motifs is 1. The highest BCUT2D eigenvalue weighted by Gasteiger charge is 2.27. The number of hydrogen-bond donors (Lipinski definition) is 0. The molecular formula is C11H12N2O. The zero-order valence-electron chi connectivity index (χ0n) is 8.32. The van der Waals surface area contributed by atoms with Crippen molar-refractivity contribution in [2.75, 3.05) is 23.9 Å². The first-order valence-corrected chi connectivity index (χ1v) is 4.42. The molecule has 0 radical (unpaired) electrons. The molecule has 72 valence electrons. The predicted octanol–water partition coefficient (Wildman–Crippen LogP) is 1.61. The van der Waals surface area contributed by atoms with Crippen LogP contribution in [0.4, 0.5) is 11.4 Å². The van der Waals surface area contributed by atoms with E-state index in [9.17, 15) is 4.79 Å². The van der Waals surface area contributed by atoms with E-state index >= 15 is 0 Å². The van der Waals surface area contributed by atoms with E-state index in [1.165, 1.54) is 0 Å². The van der Waals surface area contributed by atoms with E-state index in [0.29, 0.717) is 5.70 Å². The van der Waals surface area contributed by atoms with Gasteiger partial charge in [0.1, 0.15) is 0 Å². The quantitative estimate of drug-likeness (QED) is 0.577. The first kappa shape index (κ1) is 8.81. The molecule has 0 fully saturated rings. The molecular weight excluding hydrogens is 176 g/mol. The molecule has 1 heterocycles. The summed E-state index contributed by atoms with van der Waals surface area (Å²) < 4.78 is 0. The maximum atomic E-state index is 11.7. The van der Waals surface area contributed by atoms with E-state index in [2.05, 4.69) is 6.58 Å². The smallest absolute Gasteiger partial charge is 0.274 e. The number of carbonyl (C=O) groups excluding carboxylic acids is 1. The minimum Gasteiger partial charge on any atom is -0.339 e. The average molecular weight is 188 g/mol. The summed E-state index contributed by atoms with van der Waals surface area (Å²) in [6.45, 7) is 3.76. The summed E-state index contributed by atoms with van der Waals surface area (Å²) in [4.78, 5) is 15.1. The van der Waals surface area contributed by atoms with Crippen LogP contribution < -0.4 is 9.80 Å². The summed E-state index contributed by atoms with van der Waals surface area (Å²) in [5.74, 6) is -0.0498. The van der Waals surface area contributed by atoms with Crippen molar-refractivity contribution in [1.29, 1.82) is 0 Å². The summed E-state index contributed by atoms with van der Waals surface area (Å²) in [5, 5.41) is 0. The SMILES string of the molecule is C=C1C(=O)N(C)c2ccccc2N1C. The Morgan fingerprint density at radius 3 is 2.14 bits per heavy atom. The average Bonchev–Trinajstić information content (AvgIpc) is 2.23. The molecule has 0 N–H and O–H groups in total. The van der Waals surface area contributed by atoms with Crippen molar-refractivity contribution < 1.29 is 4.79 Å². The predicted molar refractivity (Wildman–Crippen MR) is 57.4 cm³/mol. The van der Waals surface area contributed by atoms with E-state index in [4.69, 9.17) is 0 Å². The minimum absolute atomic E-state index is 0.0498. The number of nitrogens with zero attached hydrogens (tertiary/aromatic N) is 2. The summed E-state index contributed by atoms with van der Waals surface area (Å²) >= 11 is 0. The van der Waals surface area contributed by atoms with Crippen LogP contribution in [0.3, 0.4) is 0 Å². The number of rotatable bonds is 0. The van der Waals surface area contributed by atoms with Gasteiger partial charge in [0.15, 0.2) is 0 Å². The molecule has 0 unspecified atom stereocenters. The summed E-state index contributed by atoms with van der Waals surface area (Å²) in [5.41, 5.74) is 2.44. The Hall–Kier alpha value is -1.77. The van der Waals surface area contributed by atoms with Crippen LogP contribution in [0.5, 0.6) is 0 Å². The van der Waals surface area contributed by atoms with Crippen LogP contribution in [0.1, 0.15) is 0 Å². The van der Waals surface area contributed by atoms with Crippen LogP contribution in [-0.4, -0.2) is 20.0 Å². The van der Waals surface area contributed by atoms with Crippen molar-refractivity contribution in [3.63, 3.8) is 0 Å². The van der Waals surface area contributed by atoms with Crippen molar-refractivity contribution in [3.05, 3.63) is 36.5 Å². The van der Waals surface area contributed by atoms with Gasteiger partial charge in [0.05, 0.1) is 17.1 Å². The van der Waals surface area contributed by atoms with E-state index in [1.807, 2.05) is 36.2 Å². The number of benzene rings is 1. The van der Waals surface area contributed by atoms with Crippen molar-refractivity contribution in [2.45, 2.75) is 0 Å². The van der Waals surface area contributed by atoms with Crippen LogP contribution in [-0.2, 0) is 4.79 Å². The first-order chi connectivity index (χ1) is 6.63. The number of hydrogen-bond acceptors (Lipinski definition) is 2. The Labute approximate surface area is 83.2 Å². The fraction of sp³-hybridized carbons (Fsp3) is 0.182. The molecule has 0 saturated carbocycles. The van der Waals surface area contributed by atoms with Crippen LogP contribution >= 0.6 is 0 Å². The molecule has 0 saturated heterocycles. The van der Waals surface area contributed by atoms with Gasteiger partial charge in [-0.05, 0) is 12.1 Å². The lowest BCUT2D eigenvalue weighted by atomic mass is 10.1. The van der Waals surface area contributed by atoms with Crippen molar-refractivity contribution in [3.8, 4) is 0 Å². The number of amides is 1. The molecule has 0 aromatic heterocycles. The summed E-state index contributed by atoms with van der Waals surface area (Å²) in [6, 6.07) is 7.77. The lowest BCUT2D eigenvalue weighted by Crippen LogP contribution is -2.39. The van der Waals surface area contributed by atoms with Crippen LogP contribution in [0.25, 0.3) is 0 Å². The third-order valence-corrected chi connectivity index (χ3v) is 2.56. The van der Waals surface area contributed by atoms with Gasteiger partial charge >= 0.3 is 0 Å². The normalized spacial score (nSPS) is 15.9. The minimum atomic E-state index is -0.0498. The largest absolute Gasteiger partial charge is 0.339 e. The lowest BCUT2D eigenvalue weighted by Gasteiger charge is -2.34. The Bertz CT molecular complexity index is 373. The van der Waals surface area contributed by atoms with Gasteiger partial charge in [0.2, 0.25) is 0 Å². The van der Waals surface area contributed by atoms with E-state index in [0.717, 1.165) is 11.4 Å². The second-order valence-electron chi connectivity index (χ2n) is 3.36. The standard InChI is InChI=1S/C11H12N2O/c1-8-11(14)13(3)10-7-5-4-6-9(10)12(8)2/h4-7H,1H2,2-3H3. The summed E-state index contributed by atoms with van der Waals surface area (Å²) in [7, 11) is 3.62. The van der Waals surface area contributed by atoms with Crippen LogP contribution in [0.2, 0.25) is 0 Å². The highest BCUT2D eigenvalue weighted by atomic mass is 16.2. The Morgan fingerprint density at radius 2 is 1.57 bits per heavy atom. The molecule has 0 spiro atoms. The number of carbonyl (C=O) groups is 1. The van der Waals surface area contributed by atoms with Crippen molar-refractivity contribution in [2.24, 2.45) is 0 Å². The second-order valence-corrected chi connectivity index (χ2v) is 3.36. The molecule has 1 aromatic carbocycles. The summed E-state index contributed by atoms with van der Waals surface area (Å²) in [6.07, 6.45) is 0. The van der Waals surface area contributed by atoms with E-state index in [1.54, 1.807) is 11.9 Å². The molecule has 2 rings (SSSR count). The van der Waals surface area contributed by atoms with E-state index in [-0.39, 0.29) is 5.91 Å². The van der Waals surface area contributed by atoms with Crippen molar-refractivity contribution >= 4 is 17.3 Å². The Balaban J connectivity index is 2.62. The Morgan fingerprint density at radius 1 is 1.07 bits per heavy atom. The molecule has 3 nitrogen and oxygen atoms in total. The topological polar surface area (TPSA) is 23.6 Å². The van der Waals surface area contributed by atoms with Gasteiger partial charge in [0, 0.05) is 14.1 Å². The third kappa shape index (κ3) is 1.02. The van der Waals surface area contributed by atoms with Gasteiger partial charge in [-0.25, -0.2) is 0 Å². The van der Waals surface area contributed by atoms with Gasteiger partial charge < -0.3 is 9.80 Å². The van der Waals surface area contributed by atoms with Gasteiger partial charge in [-0.2, -0.15) is 0 Å². The van der Waals surface area contributed by atoms with Gasteiger partial charge in [-0.15, -0.1) is 0 Å². The van der Waals surface area contributed by atoms with E-state index < -0.39 is 0 Å². The molecule has 3 heteroatoms. The number of likely N-dealkylation sites (N-methyl/N-ethyl adjacent to an activating group) is 2. The second kappa shape index (κ2) is 2.87. The van der Waals surface area contributed by atoms with Gasteiger partial charge in [-0.3, -0.25) is 4.79 Å². The molecule has 0 aliphatic carbocycles. The zero-order valence-corrected chi connectivity index (χ0v) is 8.32. The molecule has 1 aromatic rings. The Kier molecular flexibility index (Phi) is 1.81. The van der Waals surface area contributed by atoms with Crippen molar-refractivity contribution in [1.82, 2.24) is 0 Å². The van der Waals surface area contributed by atoms with Gasteiger partial charge in [-0.1, -0.05) is 18.7 Å². The maximum absolute atomic E-state index is 11.7. The molecule has 0 atom stereocenters. The molecule has 0 bridgehead atoms. The third-order valence-electron chi connectivity index (χ3n) is 2.56. The highest BCUT2D eigenvalue weighted by molar-refractivity contribution is 6.12.